The molecule has 2 N–H and O–H groups in total. The third-order valence-corrected chi connectivity index (χ3v) is 6.60. The molecule has 0 saturated heterocycles. The van der Waals surface area contributed by atoms with Crippen molar-refractivity contribution >= 4 is 17.8 Å². The first kappa shape index (κ1) is 25.7. The Bertz CT molecular complexity index is 1410. The van der Waals surface area contributed by atoms with E-state index in [1.807, 2.05) is 66.7 Å². The van der Waals surface area contributed by atoms with Gasteiger partial charge in [-0.05, 0) is 41.5 Å². The molecule has 2 aliphatic heterocycles. The van der Waals surface area contributed by atoms with Crippen LogP contribution in [0.3, 0.4) is 0 Å². The number of carbonyl (C=O) groups is 3. The molecule has 5 rings (SSSR count). The zero-order chi connectivity index (χ0) is 27.2. The van der Waals surface area contributed by atoms with Gasteiger partial charge >= 0.3 is 6.03 Å². The Morgan fingerprint density at radius 3 is 2.69 bits per heavy atom. The fourth-order valence-electron chi connectivity index (χ4n) is 4.71. The summed E-state index contributed by atoms with van der Waals surface area (Å²) in [6.45, 7) is 4.85. The van der Waals surface area contributed by atoms with Crippen molar-refractivity contribution in [2.75, 3.05) is 19.6 Å². The molecule has 39 heavy (non-hydrogen) atoms. The summed E-state index contributed by atoms with van der Waals surface area (Å²) in [4.78, 5) is 46.4. The molecule has 0 radical (unpaired) electrons. The van der Waals surface area contributed by atoms with Gasteiger partial charge in [0.15, 0.2) is 0 Å². The van der Waals surface area contributed by atoms with Crippen LogP contribution in [-0.2, 0) is 16.1 Å². The minimum Gasteiger partial charge on any atom is -0.457 e. The minimum atomic E-state index is -0.648. The van der Waals surface area contributed by atoms with Gasteiger partial charge in [-0.25, -0.2) is 4.79 Å². The lowest BCUT2D eigenvalue weighted by Crippen LogP contribution is -2.47. The lowest BCUT2D eigenvalue weighted by atomic mass is 9.95. The Morgan fingerprint density at radius 1 is 1.10 bits per heavy atom. The number of carbonyl (C=O) groups excluding carboxylic acids is 3. The quantitative estimate of drug-likeness (QED) is 0.392. The lowest BCUT2D eigenvalue weighted by molar-refractivity contribution is -0.127. The largest absolute Gasteiger partial charge is 0.457 e. The molecule has 9 heteroatoms. The van der Waals surface area contributed by atoms with Crippen molar-refractivity contribution in [1.82, 2.24) is 25.4 Å². The van der Waals surface area contributed by atoms with Crippen LogP contribution in [0.15, 0.2) is 103 Å². The number of urea groups is 1. The van der Waals surface area contributed by atoms with Gasteiger partial charge in [-0.15, -0.1) is 6.58 Å². The summed E-state index contributed by atoms with van der Waals surface area (Å²) in [5.41, 5.74) is 2.74. The molecule has 1 aromatic heterocycles. The van der Waals surface area contributed by atoms with E-state index >= 15 is 0 Å². The molecule has 1 atom stereocenters. The third-order valence-electron chi connectivity index (χ3n) is 6.60. The van der Waals surface area contributed by atoms with Gasteiger partial charge in [-0.1, -0.05) is 42.5 Å². The Morgan fingerprint density at radius 2 is 1.92 bits per heavy atom. The van der Waals surface area contributed by atoms with Crippen LogP contribution in [0.1, 0.15) is 23.6 Å². The van der Waals surface area contributed by atoms with E-state index in [0.29, 0.717) is 29.3 Å². The number of nitrogens with one attached hydrogen (secondary N) is 2. The van der Waals surface area contributed by atoms with Crippen molar-refractivity contribution < 1.29 is 19.1 Å². The third kappa shape index (κ3) is 5.82. The molecule has 3 heterocycles. The molecule has 2 aromatic carbocycles. The second-order valence-corrected chi connectivity index (χ2v) is 9.24. The highest BCUT2D eigenvalue weighted by molar-refractivity contribution is 6.01. The molecule has 4 amide bonds. The minimum absolute atomic E-state index is 0.139. The summed E-state index contributed by atoms with van der Waals surface area (Å²) in [6, 6.07) is 19.5. The number of amides is 4. The summed E-state index contributed by atoms with van der Waals surface area (Å²) < 4.78 is 5.98. The number of hydrogen-bond donors (Lipinski definition) is 2. The number of pyridine rings is 1. The van der Waals surface area contributed by atoms with Gasteiger partial charge < -0.3 is 20.3 Å². The predicted molar refractivity (Wildman–Crippen MR) is 145 cm³/mol. The van der Waals surface area contributed by atoms with Gasteiger partial charge in [-0.3, -0.25) is 19.5 Å². The SMILES string of the molecule is C=CCN1C(=O)NC(c2cccc(Oc3ccccc3)c2)C2=C1CN(CCC(=O)NCc1cccnc1)C2=O. The van der Waals surface area contributed by atoms with Gasteiger partial charge in [0.1, 0.15) is 11.5 Å². The predicted octanol–water partition coefficient (Wildman–Crippen LogP) is 3.93. The summed E-state index contributed by atoms with van der Waals surface area (Å²) in [5.74, 6) is 0.898. The Kier molecular flexibility index (Phi) is 7.68. The highest BCUT2D eigenvalue weighted by Gasteiger charge is 2.43. The van der Waals surface area contributed by atoms with Crippen LogP contribution in [0.2, 0.25) is 0 Å². The molecule has 3 aromatic rings. The van der Waals surface area contributed by atoms with E-state index in [1.54, 1.807) is 23.4 Å². The van der Waals surface area contributed by atoms with E-state index in [9.17, 15) is 14.4 Å². The van der Waals surface area contributed by atoms with Crippen LogP contribution < -0.4 is 15.4 Å². The average Bonchev–Trinajstić information content (AvgIpc) is 3.29. The second kappa shape index (κ2) is 11.6. The molecular formula is C30H29N5O4. The Labute approximate surface area is 226 Å². The van der Waals surface area contributed by atoms with E-state index in [4.69, 9.17) is 4.74 Å². The van der Waals surface area contributed by atoms with E-state index in [1.165, 1.54) is 4.90 Å². The molecule has 0 aliphatic carbocycles. The van der Waals surface area contributed by atoms with Crippen LogP contribution in [-0.4, -0.2) is 52.3 Å². The summed E-state index contributed by atoms with van der Waals surface area (Å²) in [7, 11) is 0. The molecule has 1 unspecified atom stereocenters. The molecule has 0 fully saturated rings. The molecule has 2 aliphatic rings. The zero-order valence-electron chi connectivity index (χ0n) is 21.4. The topological polar surface area (TPSA) is 104 Å². The van der Waals surface area contributed by atoms with E-state index in [2.05, 4.69) is 22.2 Å². The number of ether oxygens (including phenoxy) is 1. The van der Waals surface area contributed by atoms with E-state index in [0.717, 1.165) is 11.1 Å². The molecule has 0 spiro atoms. The maximum absolute atomic E-state index is 13.6. The first-order chi connectivity index (χ1) is 19.0. The summed E-state index contributed by atoms with van der Waals surface area (Å²) in [5, 5.41) is 5.84. The van der Waals surface area contributed by atoms with Crippen molar-refractivity contribution in [2.45, 2.75) is 19.0 Å². The lowest BCUT2D eigenvalue weighted by Gasteiger charge is -2.33. The van der Waals surface area contributed by atoms with E-state index in [-0.39, 0.29) is 43.9 Å². The molecular weight excluding hydrogens is 494 g/mol. The van der Waals surface area contributed by atoms with Crippen LogP contribution in [0.5, 0.6) is 11.5 Å². The van der Waals surface area contributed by atoms with Gasteiger partial charge in [0, 0.05) is 38.4 Å². The number of benzene rings is 2. The van der Waals surface area contributed by atoms with Crippen LogP contribution in [0.4, 0.5) is 4.79 Å². The highest BCUT2D eigenvalue weighted by atomic mass is 16.5. The van der Waals surface area contributed by atoms with Crippen molar-refractivity contribution in [3.63, 3.8) is 0 Å². The first-order valence-electron chi connectivity index (χ1n) is 12.7. The van der Waals surface area contributed by atoms with Crippen LogP contribution in [0.25, 0.3) is 0 Å². The van der Waals surface area contributed by atoms with Gasteiger partial charge in [-0.2, -0.15) is 0 Å². The van der Waals surface area contributed by atoms with Crippen molar-refractivity contribution in [3.05, 3.63) is 114 Å². The molecule has 0 bridgehead atoms. The molecule has 198 valence electrons. The summed E-state index contributed by atoms with van der Waals surface area (Å²) >= 11 is 0. The maximum Gasteiger partial charge on any atom is 0.322 e. The standard InChI is InChI=1S/C30H29N5O4/c1-2-15-35-25-20-34(16-13-26(36)32-19-21-8-7-14-31-18-21)29(37)27(25)28(33-30(35)38)22-9-6-12-24(17-22)39-23-10-4-3-5-11-23/h2-12,14,17-18,28H,1,13,15-16,19-20H2,(H,32,36)(H,33,38). The van der Waals surface area contributed by atoms with Crippen molar-refractivity contribution in [1.29, 1.82) is 0 Å². The second-order valence-electron chi connectivity index (χ2n) is 9.24. The number of aromatic nitrogens is 1. The normalized spacial score (nSPS) is 16.6. The smallest absolute Gasteiger partial charge is 0.322 e. The van der Waals surface area contributed by atoms with Gasteiger partial charge in [0.2, 0.25) is 5.91 Å². The number of hydrogen-bond acceptors (Lipinski definition) is 5. The fourth-order valence-corrected chi connectivity index (χ4v) is 4.71. The average molecular weight is 524 g/mol. The summed E-state index contributed by atoms with van der Waals surface area (Å²) in [6.07, 6.45) is 5.13. The number of rotatable bonds is 10. The molecule has 0 saturated carbocycles. The van der Waals surface area contributed by atoms with Gasteiger partial charge in [0.05, 0.1) is 23.9 Å². The van der Waals surface area contributed by atoms with Crippen LogP contribution in [0, 0.1) is 0 Å². The maximum atomic E-state index is 13.6. The number of para-hydroxylation sites is 1. The Balaban J connectivity index is 1.32. The monoisotopic (exact) mass is 523 g/mol. The first-order valence-corrected chi connectivity index (χ1v) is 12.7. The highest BCUT2D eigenvalue weighted by Crippen LogP contribution is 2.37. The van der Waals surface area contributed by atoms with Gasteiger partial charge in [0.25, 0.3) is 5.91 Å². The molecule has 9 nitrogen and oxygen atoms in total. The van der Waals surface area contributed by atoms with E-state index < -0.39 is 6.04 Å². The zero-order valence-corrected chi connectivity index (χ0v) is 21.4. The van der Waals surface area contributed by atoms with Crippen molar-refractivity contribution in [3.8, 4) is 11.5 Å². The van der Waals surface area contributed by atoms with Crippen molar-refractivity contribution in [2.24, 2.45) is 0 Å². The van der Waals surface area contributed by atoms with Crippen LogP contribution >= 0.6 is 0 Å². The number of nitrogens with zero attached hydrogens (tertiary/aromatic N) is 3. The Hall–Kier alpha value is -4.92. The fraction of sp³-hybridized carbons (Fsp3) is 0.200.